The maximum atomic E-state index is 12.4. The minimum Gasteiger partial charge on any atom is -0.497 e. The molecular weight excluding hydrogens is 332 g/mol. The van der Waals surface area contributed by atoms with Gasteiger partial charge in [-0.2, -0.15) is 0 Å². The number of aromatic nitrogens is 3. The summed E-state index contributed by atoms with van der Waals surface area (Å²) >= 11 is 0. The Morgan fingerprint density at radius 1 is 1.25 bits per heavy atom. The van der Waals surface area contributed by atoms with Crippen molar-refractivity contribution in [1.29, 1.82) is 0 Å². The van der Waals surface area contributed by atoms with Gasteiger partial charge in [0, 0.05) is 19.7 Å². The Hall–Kier alpha value is -2.65. The van der Waals surface area contributed by atoms with Gasteiger partial charge >= 0.3 is 0 Å². The number of hydrogen-bond acceptors (Lipinski definition) is 6. The van der Waals surface area contributed by atoms with Crippen LogP contribution in [0.1, 0.15) is 11.5 Å². The van der Waals surface area contributed by atoms with E-state index in [2.05, 4.69) is 19.9 Å². The lowest BCUT2D eigenvalue weighted by Gasteiger charge is -2.06. The summed E-state index contributed by atoms with van der Waals surface area (Å²) < 4.78 is 37.6. The van der Waals surface area contributed by atoms with Gasteiger partial charge in [-0.3, -0.25) is 0 Å². The van der Waals surface area contributed by atoms with E-state index in [0.29, 0.717) is 17.3 Å². The smallest absolute Gasteiger partial charge is 0.264 e. The quantitative estimate of drug-likeness (QED) is 0.703. The summed E-state index contributed by atoms with van der Waals surface area (Å²) in [7, 11) is -2.08. The van der Waals surface area contributed by atoms with Gasteiger partial charge < -0.3 is 14.1 Å². The van der Waals surface area contributed by atoms with Gasteiger partial charge in [0.05, 0.1) is 7.11 Å². The van der Waals surface area contributed by atoms with Crippen LogP contribution in [0.2, 0.25) is 0 Å². The van der Waals surface area contributed by atoms with Crippen molar-refractivity contribution in [1.82, 2.24) is 19.9 Å². The van der Waals surface area contributed by atoms with Gasteiger partial charge in [0.15, 0.2) is 0 Å². The molecule has 0 aliphatic rings. The minimum absolute atomic E-state index is 0.0989. The summed E-state index contributed by atoms with van der Waals surface area (Å²) in [5.74, 6) is 1.36. The molecule has 3 rings (SSSR count). The molecule has 0 spiro atoms. The van der Waals surface area contributed by atoms with Gasteiger partial charge in [0.2, 0.25) is 15.9 Å². The maximum absolute atomic E-state index is 12.4. The van der Waals surface area contributed by atoms with Crippen LogP contribution in [0.3, 0.4) is 0 Å². The Morgan fingerprint density at radius 3 is 2.62 bits per heavy atom. The van der Waals surface area contributed by atoms with Crippen molar-refractivity contribution in [3.63, 3.8) is 0 Å². The van der Waals surface area contributed by atoms with Crippen molar-refractivity contribution in [3.05, 3.63) is 48.0 Å². The van der Waals surface area contributed by atoms with Gasteiger partial charge in [-0.05, 0) is 23.8 Å². The Kier molecular flexibility index (Phi) is 4.36. The van der Waals surface area contributed by atoms with Crippen molar-refractivity contribution in [2.24, 2.45) is 0 Å². The molecule has 8 nitrogen and oxygen atoms in total. The number of sulfonamides is 1. The summed E-state index contributed by atoms with van der Waals surface area (Å²) in [4.78, 5) is 2.92. The van der Waals surface area contributed by atoms with Crippen LogP contribution in [-0.4, -0.2) is 30.7 Å². The molecule has 0 bridgehead atoms. The molecular formula is C15H16N4O4S. The highest BCUT2D eigenvalue weighted by Crippen LogP contribution is 2.20. The molecule has 0 aliphatic heterocycles. The number of hydrogen-bond donors (Lipinski definition) is 2. The monoisotopic (exact) mass is 348 g/mol. The number of H-pyrrole nitrogens is 1. The first-order valence-electron chi connectivity index (χ1n) is 7.09. The second kappa shape index (κ2) is 6.46. The highest BCUT2D eigenvalue weighted by molar-refractivity contribution is 7.89. The molecule has 0 aliphatic carbocycles. The minimum atomic E-state index is -3.66. The molecule has 0 unspecified atom stereocenters. The van der Waals surface area contributed by atoms with Crippen LogP contribution < -0.4 is 9.46 Å². The number of aromatic amines is 1. The number of methoxy groups -OCH3 is 1. The molecule has 0 saturated carbocycles. The largest absolute Gasteiger partial charge is 0.497 e. The first-order chi connectivity index (χ1) is 11.5. The summed E-state index contributed by atoms with van der Waals surface area (Å²) in [6, 6.07) is 8.59. The average Bonchev–Trinajstić information content (AvgIpc) is 3.22. The topological polar surface area (TPSA) is 110 Å². The van der Waals surface area contributed by atoms with E-state index in [4.69, 9.17) is 9.15 Å². The summed E-state index contributed by atoms with van der Waals surface area (Å²) in [5.41, 5.74) is 1.27. The number of ether oxygens (including phenoxy) is 1. The zero-order valence-electron chi connectivity index (χ0n) is 13.1. The zero-order chi connectivity index (χ0) is 17.2. The fourth-order valence-corrected chi connectivity index (χ4v) is 3.07. The van der Waals surface area contributed by atoms with Gasteiger partial charge in [-0.1, -0.05) is 12.1 Å². The fourth-order valence-electron chi connectivity index (χ4n) is 2.06. The summed E-state index contributed by atoms with van der Waals surface area (Å²) in [5, 5.41) is 7.56. The lowest BCUT2D eigenvalue weighted by atomic mass is 10.2. The van der Waals surface area contributed by atoms with Crippen molar-refractivity contribution >= 4 is 10.0 Å². The van der Waals surface area contributed by atoms with E-state index in [-0.39, 0.29) is 17.3 Å². The number of rotatable bonds is 6. The average molecular weight is 348 g/mol. The summed E-state index contributed by atoms with van der Waals surface area (Å²) in [6.45, 7) is 1.83. The summed E-state index contributed by atoms with van der Waals surface area (Å²) in [6.07, 6.45) is 1.38. The second-order valence-corrected chi connectivity index (χ2v) is 6.81. The molecule has 2 aromatic heterocycles. The van der Waals surface area contributed by atoms with Crippen molar-refractivity contribution in [2.45, 2.75) is 18.4 Å². The third-order valence-electron chi connectivity index (χ3n) is 3.35. The normalized spacial score (nSPS) is 11.6. The Balaban J connectivity index is 1.72. The van der Waals surface area contributed by atoms with E-state index in [0.717, 1.165) is 5.56 Å². The van der Waals surface area contributed by atoms with Crippen LogP contribution in [-0.2, 0) is 16.6 Å². The van der Waals surface area contributed by atoms with Crippen LogP contribution >= 0.6 is 0 Å². The number of nitrogens with one attached hydrogen (secondary N) is 2. The molecule has 9 heteroatoms. The molecule has 0 fully saturated rings. The van der Waals surface area contributed by atoms with Crippen LogP contribution in [0.15, 0.2) is 45.8 Å². The number of aryl methyl sites for hydroxylation is 1. The van der Waals surface area contributed by atoms with Crippen LogP contribution in [0.25, 0.3) is 11.6 Å². The highest BCUT2D eigenvalue weighted by atomic mass is 32.2. The Bertz CT molecular complexity index is 929. The molecule has 0 radical (unpaired) electrons. The molecule has 0 atom stereocenters. The van der Waals surface area contributed by atoms with Crippen molar-refractivity contribution in [3.8, 4) is 17.3 Å². The van der Waals surface area contributed by atoms with Crippen LogP contribution in [0.4, 0.5) is 0 Å². The standard InChI is InChI=1S/C15H16N4O4S/c1-10-18-19-15(23-10)14-7-13(9-16-14)24(20,21)17-8-11-3-5-12(22-2)6-4-11/h3-7,9,16-17H,8H2,1-2H3. The highest BCUT2D eigenvalue weighted by Gasteiger charge is 2.18. The molecule has 24 heavy (non-hydrogen) atoms. The first-order valence-corrected chi connectivity index (χ1v) is 8.58. The SMILES string of the molecule is COc1ccc(CNS(=O)(=O)c2c[nH]c(-c3nnc(C)o3)c2)cc1. The second-order valence-electron chi connectivity index (χ2n) is 5.05. The van der Waals surface area contributed by atoms with Gasteiger partial charge in [0.1, 0.15) is 16.3 Å². The van der Waals surface area contributed by atoms with Gasteiger partial charge in [-0.25, -0.2) is 13.1 Å². The molecule has 126 valence electrons. The van der Waals surface area contributed by atoms with Gasteiger partial charge in [-0.15, -0.1) is 10.2 Å². The van der Waals surface area contributed by atoms with Crippen LogP contribution in [0.5, 0.6) is 5.75 Å². The Labute approximate surface area is 138 Å². The number of benzene rings is 1. The van der Waals surface area contributed by atoms with Crippen molar-refractivity contribution < 1.29 is 17.6 Å². The predicted octanol–water partition coefficient (Wildman–Crippen LogP) is 1.86. The lowest BCUT2D eigenvalue weighted by molar-refractivity contribution is 0.414. The zero-order valence-corrected chi connectivity index (χ0v) is 13.9. The lowest BCUT2D eigenvalue weighted by Crippen LogP contribution is -2.22. The molecule has 0 amide bonds. The fraction of sp³-hybridized carbons (Fsp3) is 0.200. The third kappa shape index (κ3) is 3.47. The first kappa shape index (κ1) is 16.2. The van der Waals surface area contributed by atoms with Gasteiger partial charge in [0.25, 0.3) is 5.89 Å². The van der Waals surface area contributed by atoms with E-state index in [1.165, 1.54) is 12.3 Å². The van der Waals surface area contributed by atoms with E-state index < -0.39 is 10.0 Å². The maximum Gasteiger partial charge on any atom is 0.264 e. The third-order valence-corrected chi connectivity index (χ3v) is 4.73. The predicted molar refractivity (Wildman–Crippen MR) is 85.8 cm³/mol. The molecule has 2 heterocycles. The molecule has 1 aromatic carbocycles. The van der Waals surface area contributed by atoms with E-state index in [9.17, 15) is 8.42 Å². The van der Waals surface area contributed by atoms with Crippen LogP contribution in [0, 0.1) is 6.92 Å². The molecule has 2 N–H and O–H groups in total. The van der Waals surface area contributed by atoms with E-state index in [1.54, 1.807) is 38.3 Å². The van der Waals surface area contributed by atoms with E-state index in [1.807, 2.05) is 0 Å². The van der Waals surface area contributed by atoms with Crippen molar-refractivity contribution in [2.75, 3.05) is 7.11 Å². The molecule has 3 aromatic rings. The van der Waals surface area contributed by atoms with E-state index >= 15 is 0 Å². The Morgan fingerprint density at radius 2 is 2.00 bits per heavy atom. The number of nitrogens with zero attached hydrogens (tertiary/aromatic N) is 2. The molecule has 0 saturated heterocycles.